The Hall–Kier alpha value is -1.30. The van der Waals surface area contributed by atoms with Gasteiger partial charge in [0.2, 0.25) is 0 Å². The zero-order valence-electron chi connectivity index (χ0n) is 13.2. The molecule has 2 heterocycles. The minimum absolute atomic E-state index is 0.165. The molecule has 2 aliphatic heterocycles. The van der Waals surface area contributed by atoms with Crippen LogP contribution in [0, 0.1) is 0 Å². The van der Waals surface area contributed by atoms with Gasteiger partial charge < -0.3 is 14.5 Å². The van der Waals surface area contributed by atoms with Gasteiger partial charge >= 0.3 is 12.0 Å². The molecule has 0 radical (unpaired) electrons. The largest absolute Gasteiger partial charge is 0.465 e. The number of piperidine rings is 1. The van der Waals surface area contributed by atoms with E-state index in [4.69, 9.17) is 4.74 Å². The number of rotatable bonds is 3. The first-order valence-corrected chi connectivity index (χ1v) is 8.08. The third-order valence-electron chi connectivity index (χ3n) is 4.39. The standard InChI is InChI=1S/C15H27N3O3/c1-3-21-14(19)13(2)16-9-11-18(12-10-16)15(20)17-7-5-4-6-8-17/h13H,3-12H2,1-2H3/t13-/m0/s1. The predicted molar refractivity (Wildman–Crippen MR) is 80.1 cm³/mol. The lowest BCUT2D eigenvalue weighted by Gasteiger charge is -2.39. The summed E-state index contributed by atoms with van der Waals surface area (Å²) in [5, 5.41) is 0. The van der Waals surface area contributed by atoms with E-state index >= 15 is 0 Å². The minimum atomic E-state index is -0.225. The molecule has 6 nitrogen and oxygen atoms in total. The van der Waals surface area contributed by atoms with Crippen LogP contribution >= 0.6 is 0 Å². The van der Waals surface area contributed by atoms with Crippen molar-refractivity contribution in [3.8, 4) is 0 Å². The highest BCUT2D eigenvalue weighted by molar-refractivity contribution is 5.76. The van der Waals surface area contributed by atoms with Gasteiger partial charge in [-0.25, -0.2) is 4.79 Å². The molecule has 0 aliphatic carbocycles. The second kappa shape index (κ2) is 7.64. The van der Waals surface area contributed by atoms with Crippen molar-refractivity contribution in [1.29, 1.82) is 0 Å². The molecule has 6 heteroatoms. The quantitative estimate of drug-likeness (QED) is 0.734. The SMILES string of the molecule is CCOC(=O)[C@H](C)N1CCN(C(=O)N2CCCCC2)CC1. The van der Waals surface area contributed by atoms with E-state index in [1.807, 2.05) is 23.6 Å². The molecule has 0 aromatic heterocycles. The zero-order valence-corrected chi connectivity index (χ0v) is 13.2. The summed E-state index contributed by atoms with van der Waals surface area (Å²) in [4.78, 5) is 30.1. The Morgan fingerprint density at radius 3 is 2.10 bits per heavy atom. The molecule has 0 unspecified atom stereocenters. The van der Waals surface area contributed by atoms with Gasteiger partial charge in [0.15, 0.2) is 0 Å². The molecule has 120 valence electrons. The number of piperazine rings is 1. The van der Waals surface area contributed by atoms with Crippen molar-refractivity contribution in [1.82, 2.24) is 14.7 Å². The smallest absolute Gasteiger partial charge is 0.323 e. The summed E-state index contributed by atoms with van der Waals surface area (Å²) in [5.74, 6) is -0.173. The summed E-state index contributed by atoms with van der Waals surface area (Å²) in [5.41, 5.74) is 0. The van der Waals surface area contributed by atoms with E-state index in [1.165, 1.54) is 6.42 Å². The fraction of sp³-hybridized carbons (Fsp3) is 0.867. The number of hydrogen-bond donors (Lipinski definition) is 0. The molecule has 0 spiro atoms. The molecule has 2 fully saturated rings. The van der Waals surface area contributed by atoms with Gasteiger partial charge in [0, 0.05) is 39.3 Å². The van der Waals surface area contributed by atoms with Crippen LogP contribution in [0.2, 0.25) is 0 Å². The van der Waals surface area contributed by atoms with E-state index in [-0.39, 0.29) is 18.0 Å². The first-order valence-electron chi connectivity index (χ1n) is 8.08. The summed E-state index contributed by atoms with van der Waals surface area (Å²) in [6.07, 6.45) is 3.46. The summed E-state index contributed by atoms with van der Waals surface area (Å²) in [7, 11) is 0. The Labute approximate surface area is 127 Å². The number of nitrogens with zero attached hydrogens (tertiary/aromatic N) is 3. The van der Waals surface area contributed by atoms with Gasteiger partial charge in [-0.1, -0.05) is 0 Å². The Bertz CT molecular complexity index is 361. The number of urea groups is 1. The van der Waals surface area contributed by atoms with Crippen LogP contribution in [0.15, 0.2) is 0 Å². The van der Waals surface area contributed by atoms with Crippen molar-refractivity contribution >= 4 is 12.0 Å². The van der Waals surface area contributed by atoms with Crippen LogP contribution in [0.5, 0.6) is 0 Å². The van der Waals surface area contributed by atoms with E-state index in [1.54, 1.807) is 0 Å². The molecule has 0 bridgehead atoms. The van der Waals surface area contributed by atoms with Crippen LogP contribution in [-0.2, 0) is 9.53 Å². The highest BCUT2D eigenvalue weighted by Crippen LogP contribution is 2.14. The van der Waals surface area contributed by atoms with Crippen LogP contribution in [0.1, 0.15) is 33.1 Å². The first-order chi connectivity index (χ1) is 10.1. The molecule has 2 rings (SSSR count). The van der Waals surface area contributed by atoms with Crippen molar-refractivity contribution in [2.24, 2.45) is 0 Å². The van der Waals surface area contributed by atoms with Gasteiger partial charge in [-0.15, -0.1) is 0 Å². The van der Waals surface area contributed by atoms with Gasteiger partial charge in [-0.3, -0.25) is 9.69 Å². The van der Waals surface area contributed by atoms with Crippen LogP contribution in [0.25, 0.3) is 0 Å². The summed E-state index contributed by atoms with van der Waals surface area (Å²) < 4.78 is 5.06. The van der Waals surface area contributed by atoms with Gasteiger partial charge in [-0.05, 0) is 33.1 Å². The lowest BCUT2D eigenvalue weighted by atomic mass is 10.1. The fourth-order valence-corrected chi connectivity index (χ4v) is 3.00. The molecule has 1 atom stereocenters. The van der Waals surface area contributed by atoms with Crippen LogP contribution in [0.4, 0.5) is 4.79 Å². The third kappa shape index (κ3) is 4.09. The predicted octanol–water partition coefficient (Wildman–Crippen LogP) is 1.16. The Balaban J connectivity index is 1.79. The molecular weight excluding hydrogens is 270 g/mol. The first kappa shape index (κ1) is 16.1. The number of likely N-dealkylation sites (tertiary alicyclic amines) is 1. The Morgan fingerprint density at radius 2 is 1.52 bits per heavy atom. The van der Waals surface area contributed by atoms with Crippen LogP contribution in [0.3, 0.4) is 0 Å². The van der Waals surface area contributed by atoms with Gasteiger partial charge in [0.25, 0.3) is 0 Å². The average Bonchev–Trinajstić information content (AvgIpc) is 2.54. The summed E-state index contributed by atoms with van der Waals surface area (Å²) in [6.45, 7) is 8.74. The number of amides is 2. The van der Waals surface area contributed by atoms with E-state index in [0.29, 0.717) is 19.7 Å². The van der Waals surface area contributed by atoms with E-state index < -0.39 is 0 Å². The van der Waals surface area contributed by atoms with E-state index in [9.17, 15) is 9.59 Å². The van der Waals surface area contributed by atoms with Crippen LogP contribution in [-0.4, -0.2) is 78.6 Å². The topological polar surface area (TPSA) is 53.1 Å². The number of carbonyl (C=O) groups excluding carboxylic acids is 2. The molecule has 2 saturated heterocycles. The zero-order chi connectivity index (χ0) is 15.2. The minimum Gasteiger partial charge on any atom is -0.465 e. The maximum atomic E-state index is 12.4. The van der Waals surface area contributed by atoms with Gasteiger partial charge in [0.05, 0.1) is 6.61 Å². The molecule has 2 aliphatic rings. The van der Waals surface area contributed by atoms with Gasteiger partial charge in [0.1, 0.15) is 6.04 Å². The molecule has 21 heavy (non-hydrogen) atoms. The molecular formula is C15H27N3O3. The van der Waals surface area contributed by atoms with Gasteiger partial charge in [-0.2, -0.15) is 0 Å². The second-order valence-electron chi connectivity index (χ2n) is 5.78. The maximum absolute atomic E-state index is 12.4. The number of esters is 1. The number of hydrogen-bond acceptors (Lipinski definition) is 4. The molecule has 0 N–H and O–H groups in total. The number of carbonyl (C=O) groups is 2. The lowest BCUT2D eigenvalue weighted by Crippen LogP contribution is -2.56. The molecule has 2 amide bonds. The van der Waals surface area contributed by atoms with Crippen molar-refractivity contribution in [3.05, 3.63) is 0 Å². The van der Waals surface area contributed by atoms with E-state index in [2.05, 4.69) is 4.90 Å². The highest BCUT2D eigenvalue weighted by atomic mass is 16.5. The normalized spacial score (nSPS) is 22.0. The lowest BCUT2D eigenvalue weighted by molar-refractivity contribution is -0.149. The van der Waals surface area contributed by atoms with Crippen molar-refractivity contribution in [2.45, 2.75) is 39.2 Å². The molecule has 0 saturated carbocycles. The van der Waals surface area contributed by atoms with Crippen LogP contribution < -0.4 is 0 Å². The average molecular weight is 297 g/mol. The molecule has 0 aromatic rings. The number of ether oxygens (including phenoxy) is 1. The Kier molecular flexibility index (Phi) is 5.85. The Morgan fingerprint density at radius 1 is 0.952 bits per heavy atom. The summed E-state index contributed by atoms with van der Waals surface area (Å²) in [6, 6.07) is -0.0599. The third-order valence-corrected chi connectivity index (χ3v) is 4.39. The molecule has 0 aromatic carbocycles. The fourth-order valence-electron chi connectivity index (χ4n) is 3.00. The summed E-state index contributed by atoms with van der Waals surface area (Å²) >= 11 is 0. The van der Waals surface area contributed by atoms with Crippen molar-refractivity contribution < 1.29 is 14.3 Å². The monoisotopic (exact) mass is 297 g/mol. The maximum Gasteiger partial charge on any atom is 0.323 e. The van der Waals surface area contributed by atoms with Crippen molar-refractivity contribution in [2.75, 3.05) is 45.9 Å². The van der Waals surface area contributed by atoms with Crippen molar-refractivity contribution in [3.63, 3.8) is 0 Å². The highest BCUT2D eigenvalue weighted by Gasteiger charge is 2.30. The second-order valence-corrected chi connectivity index (χ2v) is 5.78. The van der Waals surface area contributed by atoms with E-state index in [0.717, 1.165) is 39.0 Å².